The number of nitrogens with zero attached hydrogens (tertiary/aromatic N) is 1. The summed E-state index contributed by atoms with van der Waals surface area (Å²) in [6, 6.07) is 1.67. The van der Waals surface area contributed by atoms with Crippen LogP contribution >= 0.6 is 0 Å². The van der Waals surface area contributed by atoms with Crippen LogP contribution in [0.2, 0.25) is 0 Å². The Labute approximate surface area is 103 Å². The number of hydrogen-bond acceptors (Lipinski definition) is 3. The topological polar surface area (TPSA) is 58.4 Å². The van der Waals surface area contributed by atoms with Crippen LogP contribution in [-0.4, -0.2) is 42.0 Å². The minimum atomic E-state index is 0.379. The van der Waals surface area contributed by atoms with Crippen molar-refractivity contribution < 1.29 is 4.79 Å². The summed E-state index contributed by atoms with van der Waals surface area (Å²) in [5.74, 6) is 0.790. The Balaban J connectivity index is 1.39. The predicted octanol–water partition coefficient (Wildman–Crippen LogP) is 0.467. The first-order valence-corrected chi connectivity index (χ1v) is 7.03. The monoisotopic (exact) mass is 237 g/mol. The minimum absolute atomic E-state index is 0.379. The van der Waals surface area contributed by atoms with Gasteiger partial charge in [-0.25, -0.2) is 0 Å². The van der Waals surface area contributed by atoms with Crippen LogP contribution in [0, 0.1) is 5.92 Å². The van der Waals surface area contributed by atoms with E-state index in [-0.39, 0.29) is 0 Å². The number of likely N-dealkylation sites (tertiary alicyclic amines) is 1. The molecule has 3 rings (SSSR count). The van der Waals surface area contributed by atoms with Crippen LogP contribution in [0.5, 0.6) is 0 Å². The summed E-state index contributed by atoms with van der Waals surface area (Å²) < 4.78 is 0. The molecule has 0 aromatic heterocycles. The molecule has 0 aromatic rings. The zero-order valence-corrected chi connectivity index (χ0v) is 10.4. The van der Waals surface area contributed by atoms with Crippen molar-refractivity contribution in [3.05, 3.63) is 0 Å². The molecule has 0 bridgehead atoms. The van der Waals surface area contributed by atoms with Gasteiger partial charge in [-0.1, -0.05) is 0 Å². The molecule has 1 heterocycles. The summed E-state index contributed by atoms with van der Waals surface area (Å²) in [5.41, 5.74) is 5.78. The molecule has 0 atom stereocenters. The minimum Gasteiger partial charge on any atom is -0.342 e. The second-order valence-electron chi connectivity index (χ2n) is 5.97. The average Bonchev–Trinajstić information content (AvgIpc) is 3.11. The fourth-order valence-corrected chi connectivity index (χ4v) is 2.99. The molecular formula is C13H23N3O. The highest BCUT2D eigenvalue weighted by molar-refractivity contribution is 5.81. The summed E-state index contributed by atoms with van der Waals surface area (Å²) in [6.45, 7) is 1.90. The molecule has 2 aliphatic carbocycles. The summed E-state index contributed by atoms with van der Waals surface area (Å²) in [4.78, 5) is 14.0. The van der Waals surface area contributed by atoms with Gasteiger partial charge in [0.15, 0.2) is 0 Å². The number of carbonyl (C=O) groups is 1. The fraction of sp³-hybridized carbons (Fsp3) is 0.923. The lowest BCUT2D eigenvalue weighted by Gasteiger charge is -2.39. The molecule has 3 fully saturated rings. The molecule has 4 nitrogen and oxygen atoms in total. The second kappa shape index (κ2) is 4.58. The van der Waals surface area contributed by atoms with Gasteiger partial charge in [-0.2, -0.15) is 0 Å². The Hall–Kier alpha value is -0.610. The van der Waals surface area contributed by atoms with Crippen LogP contribution in [-0.2, 0) is 4.79 Å². The van der Waals surface area contributed by atoms with Gasteiger partial charge in [0.05, 0.1) is 0 Å². The largest absolute Gasteiger partial charge is 0.342 e. The Morgan fingerprint density at radius 1 is 1.06 bits per heavy atom. The van der Waals surface area contributed by atoms with E-state index in [9.17, 15) is 4.79 Å². The number of nitrogens with two attached hydrogens (primary N) is 1. The second-order valence-corrected chi connectivity index (χ2v) is 5.97. The average molecular weight is 237 g/mol. The van der Waals surface area contributed by atoms with Crippen molar-refractivity contribution in [1.82, 2.24) is 10.2 Å². The highest BCUT2D eigenvalue weighted by Gasteiger charge is 2.35. The predicted molar refractivity (Wildman–Crippen MR) is 66.5 cm³/mol. The molecule has 17 heavy (non-hydrogen) atoms. The van der Waals surface area contributed by atoms with E-state index in [1.165, 1.54) is 0 Å². The van der Waals surface area contributed by atoms with Gasteiger partial charge in [0.1, 0.15) is 0 Å². The zero-order chi connectivity index (χ0) is 11.8. The highest BCUT2D eigenvalue weighted by Crippen LogP contribution is 2.32. The van der Waals surface area contributed by atoms with Crippen molar-refractivity contribution in [3.8, 4) is 0 Å². The van der Waals surface area contributed by atoms with Gasteiger partial charge in [-0.05, 0) is 38.5 Å². The first-order valence-electron chi connectivity index (χ1n) is 7.03. The van der Waals surface area contributed by atoms with Crippen molar-refractivity contribution in [2.75, 3.05) is 13.1 Å². The van der Waals surface area contributed by atoms with E-state index in [4.69, 9.17) is 5.73 Å². The molecule has 2 saturated carbocycles. The Morgan fingerprint density at radius 3 is 2.24 bits per heavy atom. The van der Waals surface area contributed by atoms with Crippen molar-refractivity contribution >= 4 is 5.91 Å². The zero-order valence-electron chi connectivity index (χ0n) is 10.4. The van der Waals surface area contributed by atoms with Crippen LogP contribution < -0.4 is 11.1 Å². The SMILES string of the molecule is NC1CC(NC2CCN(C(=O)C3CC3)CC2)C1. The van der Waals surface area contributed by atoms with E-state index < -0.39 is 0 Å². The van der Waals surface area contributed by atoms with Gasteiger partial charge in [-0.3, -0.25) is 4.79 Å². The number of piperidine rings is 1. The van der Waals surface area contributed by atoms with E-state index in [0.717, 1.165) is 51.6 Å². The van der Waals surface area contributed by atoms with Gasteiger partial charge in [0.2, 0.25) is 5.91 Å². The van der Waals surface area contributed by atoms with Crippen molar-refractivity contribution in [3.63, 3.8) is 0 Å². The Morgan fingerprint density at radius 2 is 1.71 bits per heavy atom. The third-order valence-electron chi connectivity index (χ3n) is 4.38. The lowest BCUT2D eigenvalue weighted by molar-refractivity contribution is -0.133. The molecule has 0 unspecified atom stereocenters. The maximum atomic E-state index is 11.9. The van der Waals surface area contributed by atoms with Crippen molar-refractivity contribution in [1.29, 1.82) is 0 Å². The van der Waals surface area contributed by atoms with Crippen molar-refractivity contribution in [2.24, 2.45) is 11.7 Å². The quantitative estimate of drug-likeness (QED) is 0.750. The summed E-state index contributed by atoms with van der Waals surface area (Å²) >= 11 is 0. The Kier molecular flexibility index (Phi) is 3.09. The van der Waals surface area contributed by atoms with E-state index >= 15 is 0 Å². The number of carbonyl (C=O) groups excluding carboxylic acids is 1. The summed E-state index contributed by atoms with van der Waals surface area (Å²) in [7, 11) is 0. The van der Waals surface area contributed by atoms with Crippen LogP contribution in [0.1, 0.15) is 38.5 Å². The number of hydrogen-bond donors (Lipinski definition) is 2. The van der Waals surface area contributed by atoms with E-state index in [0.29, 0.717) is 30.0 Å². The number of rotatable bonds is 3. The molecule has 0 spiro atoms. The maximum absolute atomic E-state index is 11.9. The molecule has 1 amide bonds. The normalized spacial score (nSPS) is 34.5. The molecule has 0 aromatic carbocycles. The van der Waals surface area contributed by atoms with Crippen LogP contribution in [0.25, 0.3) is 0 Å². The standard InChI is InChI=1S/C13H23N3O/c14-10-7-12(8-10)15-11-3-5-16(6-4-11)13(17)9-1-2-9/h9-12,15H,1-8,14H2. The van der Waals surface area contributed by atoms with Gasteiger partial charge in [0, 0.05) is 37.1 Å². The first kappa shape index (κ1) is 11.5. The third kappa shape index (κ3) is 2.63. The summed E-state index contributed by atoms with van der Waals surface area (Å²) in [6.07, 6.45) is 6.73. The van der Waals surface area contributed by atoms with Gasteiger partial charge < -0.3 is 16.0 Å². The molecule has 0 radical (unpaired) electrons. The molecule has 4 heteroatoms. The van der Waals surface area contributed by atoms with E-state index in [1.807, 2.05) is 0 Å². The van der Waals surface area contributed by atoms with Gasteiger partial charge in [0.25, 0.3) is 0 Å². The van der Waals surface area contributed by atoms with Gasteiger partial charge in [-0.15, -0.1) is 0 Å². The molecular weight excluding hydrogens is 214 g/mol. The third-order valence-corrected chi connectivity index (χ3v) is 4.38. The van der Waals surface area contributed by atoms with Gasteiger partial charge >= 0.3 is 0 Å². The lowest BCUT2D eigenvalue weighted by Crippen LogP contribution is -2.54. The number of amides is 1. The summed E-state index contributed by atoms with van der Waals surface area (Å²) in [5, 5.41) is 3.67. The smallest absolute Gasteiger partial charge is 0.225 e. The maximum Gasteiger partial charge on any atom is 0.225 e. The lowest BCUT2D eigenvalue weighted by atomic mass is 9.86. The van der Waals surface area contributed by atoms with Crippen molar-refractivity contribution in [2.45, 2.75) is 56.7 Å². The van der Waals surface area contributed by atoms with E-state index in [1.54, 1.807) is 0 Å². The molecule has 96 valence electrons. The molecule has 1 aliphatic heterocycles. The molecule has 1 saturated heterocycles. The number of nitrogens with one attached hydrogen (secondary N) is 1. The van der Waals surface area contributed by atoms with Crippen LogP contribution in [0.15, 0.2) is 0 Å². The Bertz CT molecular complexity index is 289. The van der Waals surface area contributed by atoms with Crippen LogP contribution in [0.4, 0.5) is 0 Å². The first-order chi connectivity index (χ1) is 8.22. The highest BCUT2D eigenvalue weighted by atomic mass is 16.2. The molecule has 3 N–H and O–H groups in total. The fourth-order valence-electron chi connectivity index (χ4n) is 2.99. The van der Waals surface area contributed by atoms with E-state index in [2.05, 4.69) is 10.2 Å². The molecule has 3 aliphatic rings. The van der Waals surface area contributed by atoms with Crippen LogP contribution in [0.3, 0.4) is 0 Å².